The molecule has 1 aromatic carbocycles. The van der Waals surface area contributed by atoms with Crippen LogP contribution in [-0.2, 0) is 9.59 Å². The predicted octanol–water partition coefficient (Wildman–Crippen LogP) is 1.60. The van der Waals surface area contributed by atoms with Crippen molar-refractivity contribution < 1.29 is 19.1 Å². The Kier molecular flexibility index (Phi) is 4.35. The Morgan fingerprint density at radius 3 is 2.61 bits per heavy atom. The van der Waals surface area contributed by atoms with E-state index in [1.807, 2.05) is 0 Å². The molecule has 2 amide bonds. The number of rotatable bonds is 4. The van der Waals surface area contributed by atoms with Gasteiger partial charge in [0.1, 0.15) is 5.82 Å². The van der Waals surface area contributed by atoms with Gasteiger partial charge in [-0.2, -0.15) is 0 Å². The summed E-state index contributed by atoms with van der Waals surface area (Å²) in [6.07, 6.45) is 3.51. The van der Waals surface area contributed by atoms with Crippen LogP contribution in [0.1, 0.15) is 32.1 Å². The number of carbonyl (C=O) groups excluding carboxylic acids is 2. The van der Waals surface area contributed by atoms with Crippen LogP contribution in [-0.4, -0.2) is 35.6 Å². The minimum atomic E-state index is -0.797. The Bertz CT molecular complexity index is 596. The van der Waals surface area contributed by atoms with E-state index in [-0.39, 0.29) is 37.1 Å². The highest BCUT2D eigenvalue weighted by atomic mass is 19.1. The van der Waals surface area contributed by atoms with E-state index in [9.17, 15) is 19.1 Å². The molecule has 23 heavy (non-hydrogen) atoms. The fourth-order valence-corrected chi connectivity index (χ4v) is 3.36. The normalized spacial score (nSPS) is 23.3. The van der Waals surface area contributed by atoms with E-state index in [1.54, 1.807) is 0 Å². The zero-order valence-electron chi connectivity index (χ0n) is 12.9. The van der Waals surface area contributed by atoms with Crippen molar-refractivity contribution in [3.63, 3.8) is 0 Å². The first-order valence-electron chi connectivity index (χ1n) is 8.03. The number of benzene rings is 1. The molecule has 1 atom stereocenters. The van der Waals surface area contributed by atoms with Gasteiger partial charge in [0.2, 0.25) is 11.8 Å². The SMILES string of the molecule is O=C(NCC1(O)CCCC1)[C@H]1CC(=O)N(c2ccc(F)cc2)C1. The molecule has 1 aromatic rings. The van der Waals surface area contributed by atoms with Crippen molar-refractivity contribution in [3.8, 4) is 0 Å². The summed E-state index contributed by atoms with van der Waals surface area (Å²) in [5.74, 6) is -1.14. The number of anilines is 1. The van der Waals surface area contributed by atoms with Crippen LogP contribution in [0.2, 0.25) is 0 Å². The first kappa shape index (κ1) is 15.9. The number of nitrogens with zero attached hydrogens (tertiary/aromatic N) is 1. The molecule has 3 rings (SSSR count). The second-order valence-corrected chi connectivity index (χ2v) is 6.53. The maximum Gasteiger partial charge on any atom is 0.227 e. The molecule has 0 bridgehead atoms. The molecular weight excluding hydrogens is 299 g/mol. The largest absolute Gasteiger partial charge is 0.388 e. The third-order valence-corrected chi connectivity index (χ3v) is 4.76. The second kappa shape index (κ2) is 6.28. The van der Waals surface area contributed by atoms with Gasteiger partial charge < -0.3 is 15.3 Å². The minimum Gasteiger partial charge on any atom is -0.388 e. The number of hydrogen-bond acceptors (Lipinski definition) is 3. The van der Waals surface area contributed by atoms with Gasteiger partial charge >= 0.3 is 0 Å². The zero-order chi connectivity index (χ0) is 16.4. The molecular formula is C17H21FN2O3. The van der Waals surface area contributed by atoms with E-state index >= 15 is 0 Å². The lowest BCUT2D eigenvalue weighted by molar-refractivity contribution is -0.127. The van der Waals surface area contributed by atoms with Crippen LogP contribution in [0.15, 0.2) is 24.3 Å². The number of aliphatic hydroxyl groups is 1. The molecule has 0 unspecified atom stereocenters. The van der Waals surface area contributed by atoms with Crippen molar-refractivity contribution in [3.05, 3.63) is 30.1 Å². The van der Waals surface area contributed by atoms with Gasteiger partial charge in [-0.25, -0.2) is 4.39 Å². The van der Waals surface area contributed by atoms with Crippen LogP contribution in [0.4, 0.5) is 10.1 Å². The molecule has 5 nitrogen and oxygen atoms in total. The smallest absolute Gasteiger partial charge is 0.227 e. The molecule has 1 heterocycles. The van der Waals surface area contributed by atoms with E-state index in [2.05, 4.69) is 5.32 Å². The van der Waals surface area contributed by atoms with Gasteiger partial charge in [-0.05, 0) is 37.1 Å². The first-order valence-corrected chi connectivity index (χ1v) is 8.03. The highest BCUT2D eigenvalue weighted by Gasteiger charge is 2.37. The molecule has 2 N–H and O–H groups in total. The fraction of sp³-hybridized carbons (Fsp3) is 0.529. The molecule has 0 aromatic heterocycles. The van der Waals surface area contributed by atoms with Crippen molar-refractivity contribution in [1.29, 1.82) is 0 Å². The van der Waals surface area contributed by atoms with Gasteiger partial charge in [-0.15, -0.1) is 0 Å². The van der Waals surface area contributed by atoms with E-state index in [0.717, 1.165) is 12.8 Å². The standard InChI is InChI=1S/C17H21FN2O3/c18-13-3-5-14(6-4-13)20-10-12(9-15(20)21)16(22)19-11-17(23)7-1-2-8-17/h3-6,12,23H,1-2,7-11H2,(H,19,22)/t12-/m0/s1. The number of halogens is 1. The van der Waals surface area contributed by atoms with Crippen LogP contribution in [0.3, 0.4) is 0 Å². The molecule has 2 aliphatic rings. The summed E-state index contributed by atoms with van der Waals surface area (Å²) < 4.78 is 13.0. The van der Waals surface area contributed by atoms with E-state index in [1.165, 1.54) is 29.2 Å². The second-order valence-electron chi connectivity index (χ2n) is 6.53. The van der Waals surface area contributed by atoms with Crippen LogP contribution in [0.5, 0.6) is 0 Å². The van der Waals surface area contributed by atoms with Crippen molar-refractivity contribution in [2.24, 2.45) is 5.92 Å². The minimum absolute atomic E-state index is 0.141. The van der Waals surface area contributed by atoms with Crippen LogP contribution in [0.25, 0.3) is 0 Å². The van der Waals surface area contributed by atoms with Gasteiger partial charge in [-0.3, -0.25) is 9.59 Å². The Balaban J connectivity index is 1.58. The Morgan fingerprint density at radius 1 is 1.30 bits per heavy atom. The maximum absolute atomic E-state index is 13.0. The van der Waals surface area contributed by atoms with E-state index in [4.69, 9.17) is 0 Å². The van der Waals surface area contributed by atoms with E-state index in [0.29, 0.717) is 18.5 Å². The average Bonchev–Trinajstić information content (AvgIpc) is 3.13. The van der Waals surface area contributed by atoms with Crippen molar-refractivity contribution >= 4 is 17.5 Å². The Labute approximate surface area is 134 Å². The summed E-state index contributed by atoms with van der Waals surface area (Å²) in [5, 5.41) is 13.0. The van der Waals surface area contributed by atoms with Crippen molar-refractivity contribution in [2.45, 2.75) is 37.7 Å². The number of hydrogen-bond donors (Lipinski definition) is 2. The zero-order valence-corrected chi connectivity index (χ0v) is 12.9. The summed E-state index contributed by atoms with van der Waals surface area (Å²) in [7, 11) is 0. The molecule has 6 heteroatoms. The number of amides is 2. The molecule has 1 saturated heterocycles. The molecule has 2 fully saturated rings. The third-order valence-electron chi connectivity index (χ3n) is 4.76. The van der Waals surface area contributed by atoms with Gasteiger partial charge in [0.15, 0.2) is 0 Å². The lowest BCUT2D eigenvalue weighted by Gasteiger charge is -2.23. The third kappa shape index (κ3) is 3.52. The van der Waals surface area contributed by atoms with Gasteiger partial charge in [0, 0.05) is 25.2 Å². The summed E-state index contributed by atoms with van der Waals surface area (Å²) in [6.45, 7) is 0.530. The van der Waals surface area contributed by atoms with Crippen molar-refractivity contribution in [2.75, 3.05) is 18.0 Å². The topological polar surface area (TPSA) is 69.6 Å². The van der Waals surface area contributed by atoms with Crippen LogP contribution in [0, 0.1) is 11.7 Å². The quantitative estimate of drug-likeness (QED) is 0.885. The van der Waals surface area contributed by atoms with Gasteiger partial charge in [0.05, 0.1) is 11.5 Å². The lowest BCUT2D eigenvalue weighted by Crippen LogP contribution is -2.43. The highest BCUT2D eigenvalue weighted by molar-refractivity contribution is 6.00. The monoisotopic (exact) mass is 320 g/mol. The molecule has 0 radical (unpaired) electrons. The Hall–Kier alpha value is -1.95. The summed E-state index contributed by atoms with van der Waals surface area (Å²) in [4.78, 5) is 25.9. The number of carbonyl (C=O) groups is 2. The summed E-state index contributed by atoms with van der Waals surface area (Å²) in [6, 6.07) is 5.67. The summed E-state index contributed by atoms with van der Waals surface area (Å²) in [5.41, 5.74) is -0.198. The molecule has 1 aliphatic carbocycles. The van der Waals surface area contributed by atoms with Gasteiger partial charge in [-0.1, -0.05) is 12.8 Å². The average molecular weight is 320 g/mol. The first-order chi connectivity index (χ1) is 11.0. The van der Waals surface area contributed by atoms with Gasteiger partial charge in [0.25, 0.3) is 0 Å². The lowest BCUT2D eigenvalue weighted by atomic mass is 10.0. The predicted molar refractivity (Wildman–Crippen MR) is 83.3 cm³/mol. The number of nitrogens with one attached hydrogen (secondary N) is 1. The van der Waals surface area contributed by atoms with Crippen LogP contribution < -0.4 is 10.2 Å². The fourth-order valence-electron chi connectivity index (χ4n) is 3.36. The molecule has 1 aliphatic heterocycles. The van der Waals surface area contributed by atoms with Crippen LogP contribution >= 0.6 is 0 Å². The van der Waals surface area contributed by atoms with Crippen molar-refractivity contribution in [1.82, 2.24) is 5.32 Å². The summed E-state index contributed by atoms with van der Waals surface area (Å²) >= 11 is 0. The highest BCUT2D eigenvalue weighted by Crippen LogP contribution is 2.29. The Morgan fingerprint density at radius 2 is 1.96 bits per heavy atom. The molecule has 1 saturated carbocycles. The van der Waals surface area contributed by atoms with E-state index < -0.39 is 11.5 Å². The molecule has 124 valence electrons. The molecule has 0 spiro atoms. The maximum atomic E-state index is 13.0.